The molecule has 2 aromatic rings. The number of imidazole rings is 1. The number of H-pyrrole nitrogens is 1. The average molecular weight is 280 g/mol. The maximum Gasteiger partial charge on any atom is 0.274 e. The predicted octanol–water partition coefficient (Wildman–Crippen LogP) is 0.593. The lowest BCUT2D eigenvalue weighted by atomic mass is 10.2. The molecule has 0 radical (unpaired) electrons. The molecule has 0 unspecified atom stereocenters. The fourth-order valence-electron chi connectivity index (χ4n) is 2.27. The Balaban J connectivity index is 1.78. The van der Waals surface area contributed by atoms with Crippen LogP contribution in [-0.2, 0) is 10.0 Å². The first-order chi connectivity index (χ1) is 9.15. The van der Waals surface area contributed by atoms with Crippen molar-refractivity contribution in [3.63, 3.8) is 0 Å². The van der Waals surface area contributed by atoms with Crippen LogP contribution in [0.15, 0.2) is 29.4 Å². The van der Waals surface area contributed by atoms with Gasteiger partial charge in [0, 0.05) is 12.6 Å². The smallest absolute Gasteiger partial charge is 0.274 e. The number of aromatic amines is 1. The Hall–Kier alpha value is -1.44. The van der Waals surface area contributed by atoms with Crippen molar-refractivity contribution in [1.29, 1.82) is 0 Å². The quantitative estimate of drug-likeness (QED) is 0.765. The van der Waals surface area contributed by atoms with Gasteiger partial charge in [0.1, 0.15) is 0 Å². The van der Waals surface area contributed by atoms with Crippen molar-refractivity contribution in [2.75, 3.05) is 13.1 Å². The van der Waals surface area contributed by atoms with Gasteiger partial charge in [0.05, 0.1) is 11.0 Å². The van der Waals surface area contributed by atoms with Crippen LogP contribution in [0.25, 0.3) is 11.0 Å². The Morgan fingerprint density at radius 1 is 1.37 bits per heavy atom. The number of aromatic nitrogens is 2. The molecule has 3 N–H and O–H groups in total. The molecule has 1 saturated heterocycles. The lowest BCUT2D eigenvalue weighted by Crippen LogP contribution is -2.37. The van der Waals surface area contributed by atoms with E-state index in [9.17, 15) is 8.42 Å². The SMILES string of the molecule is O=S(=O)(NC[C@H]1CCCN1)c1nc2ccccc2[nH]1. The van der Waals surface area contributed by atoms with Gasteiger partial charge in [0.25, 0.3) is 10.0 Å². The first-order valence-electron chi connectivity index (χ1n) is 6.33. The van der Waals surface area contributed by atoms with E-state index in [1.54, 1.807) is 12.1 Å². The average Bonchev–Trinajstić information content (AvgIpc) is 3.05. The highest BCUT2D eigenvalue weighted by Crippen LogP contribution is 2.14. The van der Waals surface area contributed by atoms with Crippen molar-refractivity contribution in [1.82, 2.24) is 20.0 Å². The second-order valence-electron chi connectivity index (χ2n) is 4.70. The molecule has 0 bridgehead atoms. The molecule has 1 aliphatic rings. The topological polar surface area (TPSA) is 86.9 Å². The minimum atomic E-state index is -3.57. The highest BCUT2D eigenvalue weighted by Gasteiger charge is 2.21. The molecular formula is C12H16N4O2S. The minimum absolute atomic E-state index is 0.0216. The Labute approximate surface area is 111 Å². The van der Waals surface area contributed by atoms with E-state index in [2.05, 4.69) is 20.0 Å². The van der Waals surface area contributed by atoms with E-state index in [0.29, 0.717) is 12.1 Å². The highest BCUT2D eigenvalue weighted by molar-refractivity contribution is 7.89. The normalized spacial score (nSPS) is 20.1. The van der Waals surface area contributed by atoms with Crippen molar-refractivity contribution in [2.45, 2.75) is 24.0 Å². The number of benzene rings is 1. The summed E-state index contributed by atoms with van der Waals surface area (Å²) in [5.74, 6) is 0. The van der Waals surface area contributed by atoms with E-state index in [1.165, 1.54) is 0 Å². The van der Waals surface area contributed by atoms with Crippen LogP contribution < -0.4 is 10.0 Å². The van der Waals surface area contributed by atoms with E-state index < -0.39 is 10.0 Å². The Morgan fingerprint density at radius 2 is 2.21 bits per heavy atom. The number of rotatable bonds is 4. The lowest BCUT2D eigenvalue weighted by Gasteiger charge is -2.10. The highest BCUT2D eigenvalue weighted by atomic mass is 32.2. The van der Waals surface area contributed by atoms with E-state index >= 15 is 0 Å². The molecule has 1 aliphatic heterocycles. The molecule has 19 heavy (non-hydrogen) atoms. The summed E-state index contributed by atoms with van der Waals surface area (Å²) in [7, 11) is -3.57. The second kappa shape index (κ2) is 4.92. The molecule has 0 spiro atoms. The van der Waals surface area contributed by atoms with Gasteiger partial charge in [-0.15, -0.1) is 0 Å². The van der Waals surface area contributed by atoms with Gasteiger partial charge in [-0.25, -0.2) is 18.1 Å². The van der Waals surface area contributed by atoms with E-state index in [0.717, 1.165) is 24.9 Å². The van der Waals surface area contributed by atoms with Crippen LogP contribution in [-0.4, -0.2) is 37.5 Å². The summed E-state index contributed by atoms with van der Waals surface area (Å²) in [6.07, 6.45) is 2.10. The zero-order chi connectivity index (χ0) is 13.3. The molecule has 102 valence electrons. The third kappa shape index (κ3) is 2.63. The standard InChI is InChI=1S/C12H16N4O2S/c17-19(18,14-8-9-4-3-7-13-9)12-15-10-5-1-2-6-11(10)16-12/h1-2,5-6,9,13-14H,3-4,7-8H2,(H,15,16)/t9-/m1/s1. The Morgan fingerprint density at radius 3 is 2.95 bits per heavy atom. The van der Waals surface area contributed by atoms with Crippen LogP contribution in [0.2, 0.25) is 0 Å². The number of para-hydroxylation sites is 2. The maximum absolute atomic E-state index is 12.1. The van der Waals surface area contributed by atoms with Crippen molar-refractivity contribution < 1.29 is 8.42 Å². The van der Waals surface area contributed by atoms with E-state index in [1.807, 2.05) is 12.1 Å². The van der Waals surface area contributed by atoms with Gasteiger partial charge in [0.15, 0.2) is 0 Å². The molecule has 6 nitrogen and oxygen atoms in total. The third-order valence-electron chi connectivity index (χ3n) is 3.30. The monoisotopic (exact) mass is 280 g/mol. The van der Waals surface area contributed by atoms with Crippen LogP contribution in [0.4, 0.5) is 0 Å². The van der Waals surface area contributed by atoms with Crippen LogP contribution in [0.5, 0.6) is 0 Å². The number of hydrogen-bond acceptors (Lipinski definition) is 4. The number of hydrogen-bond donors (Lipinski definition) is 3. The van der Waals surface area contributed by atoms with Gasteiger partial charge in [-0.05, 0) is 31.5 Å². The van der Waals surface area contributed by atoms with Crippen LogP contribution in [0, 0.1) is 0 Å². The summed E-state index contributed by atoms with van der Waals surface area (Å²) in [6.45, 7) is 1.36. The molecular weight excluding hydrogens is 264 g/mol. The van der Waals surface area contributed by atoms with Gasteiger partial charge in [-0.2, -0.15) is 0 Å². The summed E-state index contributed by atoms with van der Waals surface area (Å²) in [6, 6.07) is 7.48. The number of nitrogens with one attached hydrogen (secondary N) is 3. The second-order valence-corrected chi connectivity index (χ2v) is 6.39. The third-order valence-corrected chi connectivity index (χ3v) is 4.55. The van der Waals surface area contributed by atoms with Gasteiger partial charge in [0.2, 0.25) is 5.16 Å². The molecule has 1 aromatic carbocycles. The molecule has 1 aromatic heterocycles. The van der Waals surface area contributed by atoms with Gasteiger partial charge >= 0.3 is 0 Å². The molecule has 3 rings (SSSR count). The molecule has 1 fully saturated rings. The number of fused-ring (bicyclic) bond motifs is 1. The van der Waals surface area contributed by atoms with Crippen molar-refractivity contribution in [3.05, 3.63) is 24.3 Å². The van der Waals surface area contributed by atoms with Gasteiger partial charge in [-0.3, -0.25) is 0 Å². The van der Waals surface area contributed by atoms with Crippen molar-refractivity contribution in [3.8, 4) is 0 Å². The molecule has 2 heterocycles. The zero-order valence-corrected chi connectivity index (χ0v) is 11.2. The van der Waals surface area contributed by atoms with E-state index in [-0.39, 0.29) is 11.2 Å². The van der Waals surface area contributed by atoms with Crippen LogP contribution in [0.3, 0.4) is 0 Å². The molecule has 0 saturated carbocycles. The maximum atomic E-state index is 12.1. The number of nitrogens with zero attached hydrogens (tertiary/aromatic N) is 1. The molecule has 0 amide bonds. The lowest BCUT2D eigenvalue weighted by molar-refractivity contribution is 0.547. The predicted molar refractivity (Wildman–Crippen MR) is 72.3 cm³/mol. The van der Waals surface area contributed by atoms with Crippen molar-refractivity contribution >= 4 is 21.1 Å². The summed E-state index contributed by atoms with van der Waals surface area (Å²) in [5.41, 5.74) is 1.38. The largest absolute Gasteiger partial charge is 0.328 e. The summed E-state index contributed by atoms with van der Waals surface area (Å²) in [4.78, 5) is 6.93. The zero-order valence-electron chi connectivity index (χ0n) is 10.4. The summed E-state index contributed by atoms with van der Waals surface area (Å²) >= 11 is 0. The van der Waals surface area contributed by atoms with Gasteiger partial charge in [-0.1, -0.05) is 12.1 Å². The van der Waals surface area contributed by atoms with Crippen molar-refractivity contribution in [2.24, 2.45) is 0 Å². The van der Waals surface area contributed by atoms with Gasteiger partial charge < -0.3 is 10.3 Å². The number of sulfonamides is 1. The van der Waals surface area contributed by atoms with Crippen LogP contribution >= 0.6 is 0 Å². The van der Waals surface area contributed by atoms with E-state index in [4.69, 9.17) is 0 Å². The molecule has 0 aliphatic carbocycles. The first-order valence-corrected chi connectivity index (χ1v) is 7.81. The fraction of sp³-hybridized carbons (Fsp3) is 0.417. The molecule has 1 atom stereocenters. The van der Waals surface area contributed by atoms with Crippen LogP contribution in [0.1, 0.15) is 12.8 Å². The Bertz CT molecular complexity index is 641. The molecule has 7 heteroatoms. The fourth-order valence-corrected chi connectivity index (χ4v) is 3.29. The summed E-state index contributed by atoms with van der Waals surface area (Å²) < 4.78 is 26.8. The Kier molecular flexibility index (Phi) is 3.26. The first kappa shape index (κ1) is 12.6. The minimum Gasteiger partial charge on any atom is -0.328 e. The summed E-state index contributed by atoms with van der Waals surface area (Å²) in [5, 5.41) is 3.23.